The average Bonchev–Trinajstić information content (AvgIpc) is 3.16. The van der Waals surface area contributed by atoms with E-state index in [1.165, 1.54) is 0 Å². The van der Waals surface area contributed by atoms with E-state index in [0.29, 0.717) is 0 Å². The van der Waals surface area contributed by atoms with Gasteiger partial charge in [-0.2, -0.15) is 0 Å². The summed E-state index contributed by atoms with van der Waals surface area (Å²) in [5, 5.41) is 6.18. The summed E-state index contributed by atoms with van der Waals surface area (Å²) >= 11 is 0. The lowest BCUT2D eigenvalue weighted by atomic mass is 10.1. The highest BCUT2D eigenvalue weighted by molar-refractivity contribution is 5.95. The smallest absolute Gasteiger partial charge is 0.241 e. The summed E-state index contributed by atoms with van der Waals surface area (Å²) in [6.45, 7) is 7.04. The number of hydrogen-bond acceptors (Lipinski definition) is 3. The molecule has 2 aromatic rings. The minimum absolute atomic E-state index is 0.0494. The number of carbonyl (C=O) groups excluding carboxylic acids is 1. The van der Waals surface area contributed by atoms with Crippen molar-refractivity contribution in [2.45, 2.75) is 45.3 Å². The quantitative estimate of drug-likeness (QED) is 0.755. The van der Waals surface area contributed by atoms with Crippen LogP contribution in [0, 0.1) is 0 Å². The summed E-state index contributed by atoms with van der Waals surface area (Å²) in [6.07, 6.45) is 6.10. The number of rotatable bonds is 5. The molecule has 1 amide bonds. The summed E-state index contributed by atoms with van der Waals surface area (Å²) in [5.41, 5.74) is 2.83. The zero-order chi connectivity index (χ0) is 19.3. The van der Waals surface area contributed by atoms with Crippen LogP contribution >= 0.6 is 0 Å². The Morgan fingerprint density at radius 2 is 1.63 bits per heavy atom. The molecule has 0 radical (unpaired) electrons. The Morgan fingerprint density at radius 3 is 2.15 bits per heavy atom. The molecule has 0 unspecified atom stereocenters. The van der Waals surface area contributed by atoms with Crippen molar-refractivity contribution < 1.29 is 9.53 Å². The maximum absolute atomic E-state index is 12.1. The number of amides is 1. The van der Waals surface area contributed by atoms with E-state index in [2.05, 4.69) is 22.8 Å². The van der Waals surface area contributed by atoms with Crippen LogP contribution in [0.2, 0.25) is 0 Å². The molecule has 0 bridgehead atoms. The van der Waals surface area contributed by atoms with Gasteiger partial charge in [0.05, 0.1) is 6.04 Å². The van der Waals surface area contributed by atoms with Gasteiger partial charge < -0.3 is 15.4 Å². The minimum atomic E-state index is -0.192. The Hall–Kier alpha value is -2.59. The summed E-state index contributed by atoms with van der Waals surface area (Å²) in [7, 11) is 0. The van der Waals surface area contributed by atoms with Crippen molar-refractivity contribution in [3.8, 4) is 5.75 Å². The SMILES string of the molecule is CC(C)(C)Oc1ccc(/C=C/c2ccc(NC(=O)[C@H]3CCCN3)cc2)cc1. The maximum Gasteiger partial charge on any atom is 0.241 e. The molecule has 142 valence electrons. The van der Waals surface area contributed by atoms with Gasteiger partial charge in [0.2, 0.25) is 5.91 Å². The fraction of sp³-hybridized carbons (Fsp3) is 0.348. The molecule has 1 saturated heterocycles. The second-order valence-electron chi connectivity index (χ2n) is 7.88. The maximum atomic E-state index is 12.1. The van der Waals surface area contributed by atoms with E-state index in [4.69, 9.17) is 4.74 Å². The molecule has 2 N–H and O–H groups in total. The Bertz CT molecular complexity index is 781. The third kappa shape index (κ3) is 5.97. The molecule has 1 heterocycles. The van der Waals surface area contributed by atoms with Gasteiger partial charge in [0.15, 0.2) is 0 Å². The molecular weight excluding hydrogens is 336 g/mol. The molecule has 0 saturated carbocycles. The van der Waals surface area contributed by atoms with Crippen molar-refractivity contribution >= 4 is 23.7 Å². The zero-order valence-corrected chi connectivity index (χ0v) is 16.3. The van der Waals surface area contributed by atoms with Gasteiger partial charge in [0, 0.05) is 5.69 Å². The van der Waals surface area contributed by atoms with E-state index < -0.39 is 0 Å². The zero-order valence-electron chi connectivity index (χ0n) is 16.3. The first-order chi connectivity index (χ1) is 12.9. The molecule has 4 heteroatoms. The number of benzene rings is 2. The molecule has 27 heavy (non-hydrogen) atoms. The predicted octanol–water partition coefficient (Wildman–Crippen LogP) is 4.72. The van der Waals surface area contributed by atoms with Gasteiger partial charge >= 0.3 is 0 Å². The Labute approximate surface area is 161 Å². The van der Waals surface area contributed by atoms with Crippen molar-refractivity contribution in [1.82, 2.24) is 5.32 Å². The standard InChI is InChI=1S/C23H28N2O2/c1-23(2,3)27-20-14-10-18(11-15-20)7-6-17-8-12-19(13-9-17)25-22(26)21-5-4-16-24-21/h6-15,21,24H,4-5,16H2,1-3H3,(H,25,26)/b7-6+/t21-/m1/s1. The summed E-state index contributed by atoms with van der Waals surface area (Å²) in [6, 6.07) is 15.9. The number of carbonyl (C=O) groups is 1. The molecule has 1 atom stereocenters. The number of ether oxygens (including phenoxy) is 1. The second kappa shape index (κ2) is 8.40. The van der Waals surface area contributed by atoms with Crippen molar-refractivity contribution in [2.75, 3.05) is 11.9 Å². The highest BCUT2D eigenvalue weighted by Gasteiger charge is 2.21. The minimum Gasteiger partial charge on any atom is -0.488 e. The fourth-order valence-electron chi connectivity index (χ4n) is 3.01. The molecule has 4 nitrogen and oxygen atoms in total. The monoisotopic (exact) mass is 364 g/mol. The van der Waals surface area contributed by atoms with Gasteiger partial charge in [-0.1, -0.05) is 36.4 Å². The topological polar surface area (TPSA) is 50.4 Å². The molecule has 0 aliphatic carbocycles. The molecule has 2 aromatic carbocycles. The summed E-state index contributed by atoms with van der Waals surface area (Å²) in [5.74, 6) is 0.921. The van der Waals surface area contributed by atoms with Crippen molar-refractivity contribution in [3.05, 3.63) is 59.7 Å². The molecule has 0 aromatic heterocycles. The molecule has 3 rings (SSSR count). The van der Waals surface area contributed by atoms with Crippen LogP contribution in [0.4, 0.5) is 5.69 Å². The summed E-state index contributed by atoms with van der Waals surface area (Å²) < 4.78 is 5.84. The molecule has 1 fully saturated rings. The van der Waals surface area contributed by atoms with Crippen molar-refractivity contribution in [1.29, 1.82) is 0 Å². The van der Waals surface area contributed by atoms with E-state index in [1.54, 1.807) is 0 Å². The first-order valence-corrected chi connectivity index (χ1v) is 9.50. The van der Waals surface area contributed by atoms with Gasteiger partial charge in [0.1, 0.15) is 11.4 Å². The average molecular weight is 364 g/mol. The third-order valence-corrected chi connectivity index (χ3v) is 4.33. The van der Waals surface area contributed by atoms with Gasteiger partial charge in [-0.25, -0.2) is 0 Å². The van der Waals surface area contributed by atoms with Crippen LogP contribution in [-0.2, 0) is 4.79 Å². The molecule has 1 aliphatic heterocycles. The van der Waals surface area contributed by atoms with Gasteiger partial charge in [-0.05, 0) is 75.5 Å². The second-order valence-corrected chi connectivity index (χ2v) is 7.88. The van der Waals surface area contributed by atoms with Gasteiger partial charge in [-0.15, -0.1) is 0 Å². The number of nitrogens with one attached hydrogen (secondary N) is 2. The van der Waals surface area contributed by atoms with Crippen LogP contribution in [0.25, 0.3) is 12.2 Å². The molecule has 1 aliphatic rings. The third-order valence-electron chi connectivity index (χ3n) is 4.33. The van der Waals surface area contributed by atoms with Crippen LogP contribution in [0.1, 0.15) is 44.7 Å². The predicted molar refractivity (Wildman–Crippen MR) is 112 cm³/mol. The van der Waals surface area contributed by atoms with E-state index in [9.17, 15) is 4.79 Å². The first kappa shape index (κ1) is 19.2. The highest BCUT2D eigenvalue weighted by Crippen LogP contribution is 2.20. The van der Waals surface area contributed by atoms with Crippen LogP contribution in [0.15, 0.2) is 48.5 Å². The van der Waals surface area contributed by atoms with Crippen LogP contribution in [0.3, 0.4) is 0 Å². The van der Waals surface area contributed by atoms with Crippen molar-refractivity contribution in [2.24, 2.45) is 0 Å². The highest BCUT2D eigenvalue weighted by atomic mass is 16.5. The van der Waals surface area contributed by atoms with Crippen molar-refractivity contribution in [3.63, 3.8) is 0 Å². The molecule has 0 spiro atoms. The van der Waals surface area contributed by atoms with Crippen LogP contribution in [0.5, 0.6) is 5.75 Å². The van der Waals surface area contributed by atoms with Crippen LogP contribution < -0.4 is 15.4 Å². The lowest BCUT2D eigenvalue weighted by Crippen LogP contribution is -2.35. The Balaban J connectivity index is 1.56. The van der Waals surface area contributed by atoms with Gasteiger partial charge in [-0.3, -0.25) is 4.79 Å². The Morgan fingerprint density at radius 1 is 1.04 bits per heavy atom. The van der Waals surface area contributed by atoms with E-state index >= 15 is 0 Å². The van der Waals surface area contributed by atoms with E-state index in [0.717, 1.165) is 42.0 Å². The number of anilines is 1. The summed E-state index contributed by atoms with van der Waals surface area (Å²) in [4.78, 5) is 12.1. The van der Waals surface area contributed by atoms with Gasteiger partial charge in [0.25, 0.3) is 0 Å². The normalized spacial score (nSPS) is 17.2. The largest absolute Gasteiger partial charge is 0.488 e. The van der Waals surface area contributed by atoms with E-state index in [1.807, 2.05) is 69.3 Å². The Kier molecular flexibility index (Phi) is 5.97. The number of hydrogen-bond donors (Lipinski definition) is 2. The lowest BCUT2D eigenvalue weighted by Gasteiger charge is -2.21. The molecular formula is C23H28N2O2. The van der Waals surface area contributed by atoms with Crippen LogP contribution in [-0.4, -0.2) is 24.1 Å². The lowest BCUT2D eigenvalue weighted by molar-refractivity contribution is -0.117. The fourth-order valence-corrected chi connectivity index (χ4v) is 3.01. The van der Waals surface area contributed by atoms with E-state index in [-0.39, 0.29) is 17.6 Å². The first-order valence-electron chi connectivity index (χ1n) is 9.50.